The predicted octanol–water partition coefficient (Wildman–Crippen LogP) is 4.95. The Morgan fingerprint density at radius 2 is 1.75 bits per heavy atom. The van der Waals surface area contributed by atoms with Crippen LogP contribution in [0.3, 0.4) is 0 Å². The number of carbonyl (C=O) groups excluding carboxylic acids is 2. The van der Waals surface area contributed by atoms with Gasteiger partial charge in [0.1, 0.15) is 5.76 Å². The van der Waals surface area contributed by atoms with Gasteiger partial charge >= 0.3 is 5.91 Å². The number of aliphatic hydroxyl groups excluding tert-OH is 1. The average molecular weight is 470 g/mol. The molecule has 0 bridgehead atoms. The van der Waals surface area contributed by atoms with Crippen molar-refractivity contribution in [1.29, 1.82) is 0 Å². The van der Waals surface area contributed by atoms with Crippen LogP contribution in [0.1, 0.15) is 27.7 Å². The van der Waals surface area contributed by atoms with E-state index in [-0.39, 0.29) is 17.0 Å². The van der Waals surface area contributed by atoms with Crippen molar-refractivity contribution in [2.24, 2.45) is 0 Å². The Morgan fingerprint density at radius 3 is 2.28 bits per heavy atom. The number of anilines is 1. The quantitative estimate of drug-likeness (QED) is 0.190. The second-order valence-electron chi connectivity index (χ2n) is 7.16. The number of amides is 1. The minimum Gasteiger partial charge on any atom is -0.507 e. The summed E-state index contributed by atoms with van der Waals surface area (Å²) in [6.07, 6.45) is 0. The van der Waals surface area contributed by atoms with E-state index in [1.807, 2.05) is 6.92 Å². The molecule has 0 unspecified atom stereocenters. The molecular formula is C22H16ClN3O5S. The summed E-state index contributed by atoms with van der Waals surface area (Å²) in [5.74, 6) is -2.07. The summed E-state index contributed by atoms with van der Waals surface area (Å²) >= 11 is 7.17. The van der Waals surface area contributed by atoms with Gasteiger partial charge in [-0.25, -0.2) is 4.98 Å². The van der Waals surface area contributed by atoms with Gasteiger partial charge in [0.25, 0.3) is 11.5 Å². The summed E-state index contributed by atoms with van der Waals surface area (Å²) in [5.41, 5.74) is 1.19. The van der Waals surface area contributed by atoms with Crippen LogP contribution in [-0.4, -0.2) is 26.7 Å². The highest BCUT2D eigenvalue weighted by Gasteiger charge is 2.48. The molecule has 2 heterocycles. The molecule has 1 amide bonds. The van der Waals surface area contributed by atoms with Crippen molar-refractivity contribution in [3.05, 3.63) is 90.9 Å². The molecule has 162 valence electrons. The number of aryl methyl sites for hydroxylation is 2. The molecule has 0 radical (unpaired) electrons. The van der Waals surface area contributed by atoms with Crippen LogP contribution in [0.25, 0.3) is 5.76 Å². The van der Waals surface area contributed by atoms with Crippen LogP contribution >= 0.6 is 22.9 Å². The van der Waals surface area contributed by atoms with E-state index < -0.39 is 22.7 Å². The van der Waals surface area contributed by atoms with Crippen molar-refractivity contribution in [1.82, 2.24) is 4.98 Å². The number of rotatable bonds is 4. The van der Waals surface area contributed by atoms with E-state index in [4.69, 9.17) is 11.6 Å². The molecule has 1 aliphatic heterocycles. The van der Waals surface area contributed by atoms with Gasteiger partial charge in [-0.05, 0) is 55.8 Å². The molecule has 2 aromatic carbocycles. The third-order valence-corrected chi connectivity index (χ3v) is 6.53. The lowest BCUT2D eigenvalue weighted by Crippen LogP contribution is -2.29. The van der Waals surface area contributed by atoms with Crippen LogP contribution in [0.15, 0.2) is 54.1 Å². The van der Waals surface area contributed by atoms with Gasteiger partial charge in [-0.15, -0.1) is 11.3 Å². The van der Waals surface area contributed by atoms with Gasteiger partial charge in [-0.3, -0.25) is 24.6 Å². The Labute approximate surface area is 191 Å². The summed E-state index contributed by atoms with van der Waals surface area (Å²) < 4.78 is 0. The molecule has 4 rings (SSSR count). The molecule has 1 atom stereocenters. The molecule has 1 N–H and O–H groups in total. The van der Waals surface area contributed by atoms with Crippen molar-refractivity contribution in [3.63, 3.8) is 0 Å². The van der Waals surface area contributed by atoms with Crippen LogP contribution in [0, 0.1) is 24.0 Å². The molecule has 1 aliphatic rings. The number of halogens is 1. The van der Waals surface area contributed by atoms with Crippen molar-refractivity contribution >= 4 is 51.2 Å². The SMILES string of the molecule is Cc1nc(N2C(=O)C(=O)/C(=C(/O)c3ccc(Cl)cc3)[C@H]2c2ccc([N+](=O)[O-])cc2)sc1C. The summed E-state index contributed by atoms with van der Waals surface area (Å²) in [6.45, 7) is 3.64. The minimum atomic E-state index is -1.00. The number of aliphatic hydroxyl groups is 1. The lowest BCUT2D eigenvalue weighted by Gasteiger charge is -2.23. The number of benzene rings is 2. The highest BCUT2D eigenvalue weighted by molar-refractivity contribution is 7.16. The first-order chi connectivity index (χ1) is 15.2. The molecular weight excluding hydrogens is 454 g/mol. The average Bonchev–Trinajstić information content (AvgIpc) is 3.23. The molecule has 3 aromatic rings. The minimum absolute atomic E-state index is 0.128. The highest BCUT2D eigenvalue weighted by atomic mass is 35.5. The fourth-order valence-corrected chi connectivity index (χ4v) is 4.51. The van der Waals surface area contributed by atoms with E-state index in [2.05, 4.69) is 4.98 Å². The number of hydrogen-bond acceptors (Lipinski definition) is 7. The van der Waals surface area contributed by atoms with E-state index in [0.717, 1.165) is 4.88 Å². The Hall–Kier alpha value is -3.56. The van der Waals surface area contributed by atoms with Crippen LogP contribution < -0.4 is 4.90 Å². The van der Waals surface area contributed by atoms with Crippen molar-refractivity contribution in [3.8, 4) is 0 Å². The van der Waals surface area contributed by atoms with Crippen molar-refractivity contribution < 1.29 is 19.6 Å². The van der Waals surface area contributed by atoms with Crippen LogP contribution in [0.5, 0.6) is 0 Å². The van der Waals surface area contributed by atoms with Crippen LogP contribution in [0.4, 0.5) is 10.8 Å². The van der Waals surface area contributed by atoms with Gasteiger partial charge in [0.05, 0.1) is 22.2 Å². The Balaban J connectivity index is 1.93. The number of thiazole rings is 1. The van der Waals surface area contributed by atoms with E-state index in [1.54, 1.807) is 19.1 Å². The van der Waals surface area contributed by atoms with Gasteiger partial charge in [0.2, 0.25) is 0 Å². The first-order valence-corrected chi connectivity index (χ1v) is 10.6. The topological polar surface area (TPSA) is 114 Å². The number of carbonyl (C=O) groups is 2. The zero-order valence-electron chi connectivity index (χ0n) is 16.9. The largest absolute Gasteiger partial charge is 0.507 e. The number of ketones is 1. The van der Waals surface area contributed by atoms with Gasteiger partial charge in [0.15, 0.2) is 5.13 Å². The standard InChI is InChI=1S/C22H16ClN3O5S/c1-11-12(2)32-22(24-11)25-18(13-5-9-16(10-6-13)26(30)31)17(20(28)21(25)29)19(27)14-3-7-15(23)8-4-14/h3-10,18,27H,1-2H3/b19-17+/t18-/m1/s1. The van der Waals surface area contributed by atoms with E-state index in [0.29, 0.717) is 27.0 Å². The van der Waals surface area contributed by atoms with E-state index in [1.165, 1.54) is 52.6 Å². The maximum absolute atomic E-state index is 13.1. The number of nitro benzene ring substituents is 1. The molecule has 1 fully saturated rings. The fourth-order valence-electron chi connectivity index (χ4n) is 3.45. The normalized spacial score (nSPS) is 17.7. The zero-order chi connectivity index (χ0) is 23.2. The fraction of sp³-hybridized carbons (Fsp3) is 0.136. The molecule has 32 heavy (non-hydrogen) atoms. The lowest BCUT2D eigenvalue weighted by atomic mass is 9.95. The second-order valence-corrected chi connectivity index (χ2v) is 8.78. The Morgan fingerprint density at radius 1 is 1.12 bits per heavy atom. The van der Waals surface area contributed by atoms with Crippen molar-refractivity contribution in [2.75, 3.05) is 4.90 Å². The first-order valence-electron chi connectivity index (χ1n) is 9.44. The summed E-state index contributed by atoms with van der Waals surface area (Å²) in [7, 11) is 0. The molecule has 8 nitrogen and oxygen atoms in total. The van der Waals surface area contributed by atoms with Gasteiger partial charge < -0.3 is 5.11 Å². The molecule has 0 saturated carbocycles. The smallest absolute Gasteiger partial charge is 0.301 e. The maximum atomic E-state index is 13.1. The first kappa shape index (κ1) is 21.7. The number of Topliss-reactive ketones (excluding diaryl/α,β-unsaturated/α-hetero) is 1. The summed E-state index contributed by atoms with van der Waals surface area (Å²) in [5, 5.41) is 22.8. The Bertz CT molecular complexity index is 1260. The number of nitro groups is 1. The number of hydrogen-bond donors (Lipinski definition) is 1. The Kier molecular flexibility index (Phi) is 5.53. The van der Waals surface area contributed by atoms with Crippen LogP contribution in [-0.2, 0) is 9.59 Å². The van der Waals surface area contributed by atoms with Gasteiger partial charge in [0, 0.05) is 27.6 Å². The van der Waals surface area contributed by atoms with E-state index in [9.17, 15) is 24.8 Å². The van der Waals surface area contributed by atoms with Gasteiger partial charge in [-0.1, -0.05) is 11.6 Å². The van der Waals surface area contributed by atoms with E-state index >= 15 is 0 Å². The number of nitrogens with zero attached hydrogens (tertiary/aromatic N) is 3. The third kappa shape index (κ3) is 3.65. The zero-order valence-corrected chi connectivity index (χ0v) is 18.5. The lowest BCUT2D eigenvalue weighted by molar-refractivity contribution is -0.384. The van der Waals surface area contributed by atoms with Gasteiger partial charge in [-0.2, -0.15) is 0 Å². The van der Waals surface area contributed by atoms with Crippen LogP contribution in [0.2, 0.25) is 5.02 Å². The molecule has 1 aromatic heterocycles. The monoisotopic (exact) mass is 469 g/mol. The second kappa shape index (κ2) is 8.18. The third-order valence-electron chi connectivity index (χ3n) is 5.21. The highest BCUT2D eigenvalue weighted by Crippen LogP contribution is 2.44. The molecule has 1 saturated heterocycles. The maximum Gasteiger partial charge on any atom is 0.301 e. The number of non-ortho nitro benzene ring substituents is 1. The summed E-state index contributed by atoms with van der Waals surface area (Å²) in [6, 6.07) is 10.7. The molecule has 0 aliphatic carbocycles. The van der Waals surface area contributed by atoms with Crippen molar-refractivity contribution in [2.45, 2.75) is 19.9 Å². The predicted molar refractivity (Wildman–Crippen MR) is 121 cm³/mol. The summed E-state index contributed by atoms with van der Waals surface area (Å²) in [4.78, 5) is 43.2. The molecule has 10 heteroatoms. The molecule has 0 spiro atoms. The number of aromatic nitrogens is 1.